The molecule has 30 heavy (non-hydrogen) atoms. The number of alkyl halides is 3. The number of nitrogens with zero attached hydrogens (tertiary/aromatic N) is 2. The van der Waals surface area contributed by atoms with E-state index in [-0.39, 0.29) is 17.9 Å². The van der Waals surface area contributed by atoms with Gasteiger partial charge >= 0.3 is 6.18 Å². The average molecular weight is 418 g/mol. The van der Waals surface area contributed by atoms with E-state index in [1.54, 1.807) is 6.08 Å². The fourth-order valence-electron chi connectivity index (χ4n) is 2.98. The molecule has 158 valence electrons. The Morgan fingerprint density at radius 2 is 1.87 bits per heavy atom. The standard InChI is InChI=1S/C22H21F3N2O3/c1-4-5-17-10-18(11-19(29-2)20(17)30-3)21(28)27(14-22(23,24)25)13-16-8-6-15(12-26)7-9-16/h4,6-11H,1,5,13-14H2,2-3H3. The monoisotopic (exact) mass is 418 g/mol. The first-order chi connectivity index (χ1) is 14.2. The largest absolute Gasteiger partial charge is 0.493 e. The normalized spacial score (nSPS) is 10.8. The summed E-state index contributed by atoms with van der Waals surface area (Å²) in [6, 6.07) is 10.8. The van der Waals surface area contributed by atoms with E-state index in [1.807, 2.05) is 6.07 Å². The summed E-state index contributed by atoms with van der Waals surface area (Å²) < 4.78 is 50.1. The van der Waals surface area contributed by atoms with Gasteiger partial charge in [-0.25, -0.2) is 0 Å². The predicted octanol–water partition coefficient (Wildman–Crippen LogP) is 4.51. The summed E-state index contributed by atoms with van der Waals surface area (Å²) in [6.07, 6.45) is -2.64. The van der Waals surface area contributed by atoms with Crippen molar-refractivity contribution in [3.8, 4) is 17.6 Å². The van der Waals surface area contributed by atoms with Crippen LogP contribution in [-0.4, -0.2) is 37.7 Å². The number of carbonyl (C=O) groups excluding carboxylic acids is 1. The Labute approximate surface area is 172 Å². The van der Waals surface area contributed by atoms with Gasteiger partial charge in [0.15, 0.2) is 11.5 Å². The quantitative estimate of drug-likeness (QED) is 0.592. The van der Waals surface area contributed by atoms with Crippen molar-refractivity contribution >= 4 is 5.91 Å². The first-order valence-corrected chi connectivity index (χ1v) is 8.93. The van der Waals surface area contributed by atoms with E-state index in [2.05, 4.69) is 6.58 Å². The number of hydrogen-bond donors (Lipinski definition) is 0. The van der Waals surface area contributed by atoms with E-state index in [4.69, 9.17) is 14.7 Å². The number of methoxy groups -OCH3 is 2. The number of rotatable bonds is 8. The molecule has 0 aliphatic heterocycles. The molecule has 0 aliphatic carbocycles. The van der Waals surface area contributed by atoms with Gasteiger partial charge in [0, 0.05) is 17.7 Å². The Morgan fingerprint density at radius 1 is 1.20 bits per heavy atom. The number of hydrogen-bond acceptors (Lipinski definition) is 4. The van der Waals surface area contributed by atoms with Crippen LogP contribution in [0.3, 0.4) is 0 Å². The summed E-state index contributed by atoms with van der Waals surface area (Å²) in [5.41, 5.74) is 1.46. The minimum absolute atomic E-state index is 0.0439. The van der Waals surface area contributed by atoms with Crippen molar-refractivity contribution in [3.05, 3.63) is 71.3 Å². The van der Waals surface area contributed by atoms with Crippen LogP contribution >= 0.6 is 0 Å². The minimum Gasteiger partial charge on any atom is -0.493 e. The third-order valence-corrected chi connectivity index (χ3v) is 4.28. The molecule has 0 saturated heterocycles. The van der Waals surface area contributed by atoms with Crippen molar-refractivity contribution in [1.29, 1.82) is 5.26 Å². The number of ether oxygens (including phenoxy) is 2. The minimum atomic E-state index is -4.58. The van der Waals surface area contributed by atoms with Crippen molar-refractivity contribution in [2.24, 2.45) is 0 Å². The Hall–Kier alpha value is -3.47. The number of allylic oxidation sites excluding steroid dienone is 1. The molecule has 2 aromatic carbocycles. The second-order valence-corrected chi connectivity index (χ2v) is 6.45. The molecule has 0 aromatic heterocycles. The molecule has 0 heterocycles. The molecule has 0 atom stereocenters. The van der Waals surface area contributed by atoms with Crippen LogP contribution in [0.25, 0.3) is 0 Å². The van der Waals surface area contributed by atoms with Gasteiger partial charge in [-0.1, -0.05) is 18.2 Å². The number of benzene rings is 2. The molecule has 5 nitrogen and oxygen atoms in total. The maximum Gasteiger partial charge on any atom is 0.406 e. The molecular formula is C22H21F3N2O3. The van der Waals surface area contributed by atoms with E-state index in [0.717, 1.165) is 0 Å². The zero-order valence-electron chi connectivity index (χ0n) is 16.6. The first-order valence-electron chi connectivity index (χ1n) is 8.93. The lowest BCUT2D eigenvalue weighted by Crippen LogP contribution is -2.38. The summed E-state index contributed by atoms with van der Waals surface area (Å²) >= 11 is 0. The van der Waals surface area contributed by atoms with E-state index >= 15 is 0 Å². The molecule has 0 spiro atoms. The summed E-state index contributed by atoms with van der Waals surface area (Å²) in [5, 5.41) is 8.87. The first kappa shape index (κ1) is 22.8. The molecule has 1 amide bonds. The second kappa shape index (κ2) is 9.83. The number of amides is 1. The van der Waals surface area contributed by atoms with Crippen molar-refractivity contribution in [3.63, 3.8) is 0 Å². The van der Waals surface area contributed by atoms with E-state index < -0.39 is 18.6 Å². The third-order valence-electron chi connectivity index (χ3n) is 4.28. The third kappa shape index (κ3) is 5.77. The van der Waals surface area contributed by atoms with Crippen LogP contribution in [0.15, 0.2) is 49.1 Å². The second-order valence-electron chi connectivity index (χ2n) is 6.45. The maximum atomic E-state index is 13.2. The van der Waals surface area contributed by atoms with E-state index in [0.29, 0.717) is 33.8 Å². The molecule has 0 radical (unpaired) electrons. The Balaban J connectivity index is 2.44. The topological polar surface area (TPSA) is 62.6 Å². The van der Waals surface area contributed by atoms with Gasteiger partial charge in [0.05, 0.1) is 25.9 Å². The average Bonchev–Trinajstić information content (AvgIpc) is 2.71. The number of halogens is 3. The highest BCUT2D eigenvalue weighted by atomic mass is 19.4. The van der Waals surface area contributed by atoms with Gasteiger partial charge in [-0.05, 0) is 36.2 Å². The van der Waals surface area contributed by atoms with Crippen LogP contribution in [0.5, 0.6) is 11.5 Å². The highest BCUT2D eigenvalue weighted by molar-refractivity contribution is 5.95. The smallest absolute Gasteiger partial charge is 0.406 e. The molecule has 2 aromatic rings. The zero-order chi connectivity index (χ0) is 22.3. The van der Waals surface area contributed by atoms with Gasteiger partial charge in [-0.2, -0.15) is 18.4 Å². The van der Waals surface area contributed by atoms with Crippen molar-refractivity contribution in [2.75, 3.05) is 20.8 Å². The highest BCUT2D eigenvalue weighted by Crippen LogP contribution is 2.34. The van der Waals surface area contributed by atoms with Crippen LogP contribution in [-0.2, 0) is 13.0 Å². The van der Waals surface area contributed by atoms with Gasteiger partial charge in [0.25, 0.3) is 5.91 Å². The van der Waals surface area contributed by atoms with Crippen molar-refractivity contribution in [2.45, 2.75) is 19.1 Å². The summed E-state index contributed by atoms with van der Waals surface area (Å²) in [7, 11) is 2.82. The Morgan fingerprint density at radius 3 is 2.37 bits per heavy atom. The predicted molar refractivity (Wildman–Crippen MR) is 105 cm³/mol. The fourth-order valence-corrected chi connectivity index (χ4v) is 2.98. The lowest BCUT2D eigenvalue weighted by atomic mass is 10.0. The van der Waals surface area contributed by atoms with E-state index in [1.165, 1.54) is 50.6 Å². The SMILES string of the molecule is C=CCc1cc(C(=O)N(Cc2ccc(C#N)cc2)CC(F)(F)F)cc(OC)c1OC. The highest BCUT2D eigenvalue weighted by Gasteiger charge is 2.34. The van der Waals surface area contributed by atoms with Gasteiger partial charge in [-0.15, -0.1) is 6.58 Å². The van der Waals surface area contributed by atoms with Gasteiger partial charge < -0.3 is 14.4 Å². The molecule has 0 N–H and O–H groups in total. The molecule has 0 fully saturated rings. The molecule has 0 bridgehead atoms. The molecule has 2 rings (SSSR count). The number of carbonyl (C=O) groups is 1. The van der Waals surface area contributed by atoms with Crippen LogP contribution in [0, 0.1) is 11.3 Å². The lowest BCUT2D eigenvalue weighted by Gasteiger charge is -2.25. The summed E-state index contributed by atoms with van der Waals surface area (Å²) in [6.45, 7) is 1.96. The molecular weight excluding hydrogens is 397 g/mol. The van der Waals surface area contributed by atoms with Crippen LogP contribution < -0.4 is 9.47 Å². The van der Waals surface area contributed by atoms with Crippen molar-refractivity contribution in [1.82, 2.24) is 4.90 Å². The summed E-state index contributed by atoms with van der Waals surface area (Å²) in [5.74, 6) is -0.170. The van der Waals surface area contributed by atoms with Gasteiger partial charge in [-0.3, -0.25) is 4.79 Å². The lowest BCUT2D eigenvalue weighted by molar-refractivity contribution is -0.141. The van der Waals surface area contributed by atoms with Crippen molar-refractivity contribution < 1.29 is 27.4 Å². The Kier molecular flexibility index (Phi) is 7.48. The summed E-state index contributed by atoms with van der Waals surface area (Å²) in [4.78, 5) is 13.7. The van der Waals surface area contributed by atoms with Crippen LogP contribution in [0.1, 0.15) is 27.0 Å². The van der Waals surface area contributed by atoms with Gasteiger partial charge in [0.2, 0.25) is 0 Å². The molecule has 0 saturated carbocycles. The zero-order valence-corrected chi connectivity index (χ0v) is 16.6. The number of nitriles is 1. The molecule has 0 unspecified atom stereocenters. The van der Waals surface area contributed by atoms with Crippen LogP contribution in [0.4, 0.5) is 13.2 Å². The molecule has 0 aliphatic rings. The van der Waals surface area contributed by atoms with E-state index in [9.17, 15) is 18.0 Å². The maximum absolute atomic E-state index is 13.2. The fraction of sp³-hybridized carbons (Fsp3) is 0.273. The van der Waals surface area contributed by atoms with Gasteiger partial charge in [0.1, 0.15) is 6.54 Å². The Bertz CT molecular complexity index is 948. The molecule has 8 heteroatoms. The van der Waals surface area contributed by atoms with Crippen LogP contribution in [0.2, 0.25) is 0 Å².